The molecule has 6 heteroatoms. The number of likely N-dealkylation sites (tertiary alicyclic amines) is 1. The Morgan fingerprint density at radius 3 is 2.54 bits per heavy atom. The maximum Gasteiger partial charge on any atom is 0.251 e. The van der Waals surface area contributed by atoms with Crippen LogP contribution in [0.25, 0.3) is 0 Å². The quantitative estimate of drug-likeness (QED) is 0.813. The second-order valence-corrected chi connectivity index (χ2v) is 8.31. The molecular formula is C22H33N3O3. The summed E-state index contributed by atoms with van der Waals surface area (Å²) in [6.45, 7) is 6.83. The van der Waals surface area contributed by atoms with Crippen LogP contribution in [-0.2, 0) is 14.3 Å². The van der Waals surface area contributed by atoms with E-state index in [4.69, 9.17) is 4.74 Å². The van der Waals surface area contributed by atoms with Crippen LogP contribution in [0.3, 0.4) is 0 Å². The summed E-state index contributed by atoms with van der Waals surface area (Å²) in [6.07, 6.45) is 2.69. The first-order valence-corrected chi connectivity index (χ1v) is 10.4. The van der Waals surface area contributed by atoms with Gasteiger partial charge < -0.3 is 19.9 Å². The van der Waals surface area contributed by atoms with Crippen LogP contribution in [0.15, 0.2) is 30.3 Å². The van der Waals surface area contributed by atoms with Gasteiger partial charge in [0, 0.05) is 12.6 Å². The van der Waals surface area contributed by atoms with E-state index >= 15 is 0 Å². The highest BCUT2D eigenvalue weighted by atomic mass is 16.5. The molecule has 28 heavy (non-hydrogen) atoms. The van der Waals surface area contributed by atoms with E-state index in [0.717, 1.165) is 25.1 Å². The summed E-state index contributed by atoms with van der Waals surface area (Å²) in [7, 11) is 2.16. The monoisotopic (exact) mass is 387 g/mol. The highest BCUT2D eigenvalue weighted by Crippen LogP contribution is 2.32. The van der Waals surface area contributed by atoms with Crippen molar-refractivity contribution in [1.82, 2.24) is 15.1 Å². The van der Waals surface area contributed by atoms with Crippen LogP contribution < -0.4 is 5.32 Å². The van der Waals surface area contributed by atoms with Gasteiger partial charge in [-0.3, -0.25) is 9.59 Å². The van der Waals surface area contributed by atoms with Crippen molar-refractivity contribution in [3.8, 4) is 0 Å². The summed E-state index contributed by atoms with van der Waals surface area (Å²) in [5, 5.41) is 3.07. The predicted octanol–water partition coefficient (Wildman–Crippen LogP) is 2.21. The molecule has 2 fully saturated rings. The van der Waals surface area contributed by atoms with Gasteiger partial charge in [-0.25, -0.2) is 0 Å². The third kappa shape index (κ3) is 4.92. The number of hydrogen-bond donors (Lipinski definition) is 1. The molecule has 1 aromatic rings. The van der Waals surface area contributed by atoms with Crippen molar-refractivity contribution in [3.05, 3.63) is 35.9 Å². The molecule has 2 amide bonds. The molecule has 0 bridgehead atoms. The topological polar surface area (TPSA) is 61.9 Å². The molecule has 154 valence electrons. The van der Waals surface area contributed by atoms with Crippen LogP contribution in [0.1, 0.15) is 44.7 Å². The van der Waals surface area contributed by atoms with Crippen molar-refractivity contribution in [2.45, 2.75) is 51.3 Å². The molecular weight excluding hydrogens is 354 g/mol. The molecule has 2 aliphatic rings. The summed E-state index contributed by atoms with van der Waals surface area (Å²) < 4.78 is 5.75. The number of piperidine rings is 1. The molecule has 0 aliphatic carbocycles. The fourth-order valence-corrected chi connectivity index (χ4v) is 4.29. The molecule has 0 radical (unpaired) electrons. The number of morpholine rings is 1. The Labute approximate surface area is 168 Å². The molecule has 2 atom stereocenters. The van der Waals surface area contributed by atoms with Gasteiger partial charge >= 0.3 is 0 Å². The van der Waals surface area contributed by atoms with Gasteiger partial charge in [-0.2, -0.15) is 0 Å². The van der Waals surface area contributed by atoms with Crippen molar-refractivity contribution in [2.75, 3.05) is 33.3 Å². The van der Waals surface area contributed by atoms with Gasteiger partial charge in [0.05, 0.1) is 6.04 Å². The minimum absolute atomic E-state index is 0.00358. The molecule has 1 aromatic carbocycles. The van der Waals surface area contributed by atoms with Crippen LogP contribution in [0.2, 0.25) is 0 Å². The second-order valence-electron chi connectivity index (χ2n) is 8.31. The first-order chi connectivity index (χ1) is 13.5. The number of amides is 2. The Hall–Kier alpha value is -1.92. The molecule has 2 heterocycles. The Kier molecular flexibility index (Phi) is 7.08. The Bertz CT molecular complexity index is 656. The van der Waals surface area contributed by atoms with Gasteiger partial charge in [0.2, 0.25) is 5.91 Å². The number of rotatable bonds is 6. The van der Waals surface area contributed by atoms with Gasteiger partial charge in [-0.05, 0) is 64.7 Å². The standard InChI is InChI=1S/C22H33N3O3/c1-16(2)25-19(26)15-28-21(20(25)18-7-5-4-6-8-18)22(27)23-12-9-17-10-13-24(3)14-11-17/h4-8,16-17,20-21H,9-15H2,1-3H3,(H,23,27)/t20-,21+/m1/s1. The zero-order valence-electron chi connectivity index (χ0n) is 17.3. The Morgan fingerprint density at radius 1 is 1.21 bits per heavy atom. The Balaban J connectivity index is 1.65. The van der Waals surface area contributed by atoms with E-state index in [0.29, 0.717) is 12.5 Å². The van der Waals surface area contributed by atoms with Gasteiger partial charge in [-0.1, -0.05) is 30.3 Å². The van der Waals surface area contributed by atoms with E-state index in [1.54, 1.807) is 4.90 Å². The van der Waals surface area contributed by atoms with Crippen LogP contribution in [-0.4, -0.2) is 67.0 Å². The second kappa shape index (κ2) is 9.52. The number of carbonyl (C=O) groups excluding carboxylic acids is 2. The number of nitrogens with one attached hydrogen (secondary N) is 1. The van der Waals surface area contributed by atoms with Gasteiger partial charge in [0.15, 0.2) is 6.10 Å². The van der Waals surface area contributed by atoms with Crippen LogP contribution in [0.4, 0.5) is 0 Å². The van der Waals surface area contributed by atoms with Gasteiger partial charge in [0.25, 0.3) is 5.91 Å². The van der Waals surface area contributed by atoms with Crippen LogP contribution >= 0.6 is 0 Å². The number of hydrogen-bond acceptors (Lipinski definition) is 4. The summed E-state index contributed by atoms with van der Waals surface area (Å²) in [5.41, 5.74) is 0.930. The normalized spacial score (nSPS) is 24.6. The van der Waals surface area contributed by atoms with E-state index in [1.165, 1.54) is 12.8 Å². The number of benzene rings is 1. The predicted molar refractivity (Wildman–Crippen MR) is 109 cm³/mol. The summed E-state index contributed by atoms with van der Waals surface area (Å²) in [5.74, 6) is 0.474. The fourth-order valence-electron chi connectivity index (χ4n) is 4.29. The number of nitrogens with zero attached hydrogens (tertiary/aromatic N) is 2. The highest BCUT2D eigenvalue weighted by molar-refractivity contribution is 5.86. The number of carbonyl (C=O) groups is 2. The van der Waals surface area contributed by atoms with E-state index in [1.807, 2.05) is 44.2 Å². The van der Waals surface area contributed by atoms with Crippen molar-refractivity contribution < 1.29 is 14.3 Å². The van der Waals surface area contributed by atoms with E-state index in [-0.39, 0.29) is 24.5 Å². The summed E-state index contributed by atoms with van der Waals surface area (Å²) >= 11 is 0. The molecule has 2 saturated heterocycles. The lowest BCUT2D eigenvalue weighted by molar-refractivity contribution is -0.167. The third-order valence-electron chi connectivity index (χ3n) is 5.91. The first kappa shape index (κ1) is 20.8. The lowest BCUT2D eigenvalue weighted by atomic mass is 9.93. The van der Waals surface area contributed by atoms with Crippen LogP contribution in [0, 0.1) is 5.92 Å². The third-order valence-corrected chi connectivity index (χ3v) is 5.91. The lowest BCUT2D eigenvalue weighted by Crippen LogP contribution is -2.56. The van der Waals surface area contributed by atoms with E-state index in [9.17, 15) is 9.59 Å². The summed E-state index contributed by atoms with van der Waals surface area (Å²) in [4.78, 5) is 29.6. The molecule has 6 nitrogen and oxygen atoms in total. The fraction of sp³-hybridized carbons (Fsp3) is 0.636. The van der Waals surface area contributed by atoms with Crippen molar-refractivity contribution in [2.24, 2.45) is 5.92 Å². The minimum Gasteiger partial charge on any atom is -0.356 e. The summed E-state index contributed by atoms with van der Waals surface area (Å²) in [6, 6.07) is 9.32. The van der Waals surface area contributed by atoms with Crippen molar-refractivity contribution in [3.63, 3.8) is 0 Å². The molecule has 0 saturated carbocycles. The molecule has 3 rings (SSSR count). The first-order valence-electron chi connectivity index (χ1n) is 10.4. The lowest BCUT2D eigenvalue weighted by Gasteiger charge is -2.42. The average Bonchev–Trinajstić information content (AvgIpc) is 2.69. The van der Waals surface area contributed by atoms with Crippen LogP contribution in [0.5, 0.6) is 0 Å². The smallest absolute Gasteiger partial charge is 0.251 e. The van der Waals surface area contributed by atoms with E-state index in [2.05, 4.69) is 17.3 Å². The number of ether oxygens (including phenoxy) is 1. The minimum atomic E-state index is -0.681. The zero-order valence-corrected chi connectivity index (χ0v) is 17.3. The molecule has 0 aromatic heterocycles. The Morgan fingerprint density at radius 2 is 1.89 bits per heavy atom. The average molecular weight is 388 g/mol. The van der Waals surface area contributed by atoms with Crippen molar-refractivity contribution in [1.29, 1.82) is 0 Å². The van der Waals surface area contributed by atoms with Gasteiger partial charge in [-0.15, -0.1) is 0 Å². The molecule has 1 N–H and O–H groups in total. The van der Waals surface area contributed by atoms with Gasteiger partial charge in [0.1, 0.15) is 6.61 Å². The highest BCUT2D eigenvalue weighted by Gasteiger charge is 2.42. The molecule has 0 spiro atoms. The maximum atomic E-state index is 13.0. The molecule has 2 aliphatic heterocycles. The van der Waals surface area contributed by atoms with Crippen molar-refractivity contribution >= 4 is 11.8 Å². The largest absolute Gasteiger partial charge is 0.356 e. The van der Waals surface area contributed by atoms with E-state index < -0.39 is 12.1 Å². The maximum absolute atomic E-state index is 13.0. The molecule has 0 unspecified atom stereocenters. The zero-order chi connectivity index (χ0) is 20.1. The SMILES string of the molecule is CC(C)N1C(=O)CO[C@H](C(=O)NCCC2CCN(C)CC2)[C@H]1c1ccccc1.